The van der Waals surface area contributed by atoms with Gasteiger partial charge in [-0.1, -0.05) is 12.1 Å². The zero-order valence-corrected chi connectivity index (χ0v) is 12.4. The van der Waals surface area contributed by atoms with Gasteiger partial charge in [0.1, 0.15) is 30.2 Å². The van der Waals surface area contributed by atoms with Gasteiger partial charge in [0, 0.05) is 12.2 Å². The minimum absolute atomic E-state index is 0.0445. The van der Waals surface area contributed by atoms with Gasteiger partial charge in [0.05, 0.1) is 19.8 Å². The number of fused-ring (bicyclic) bond motifs is 3. The average molecular weight is 308 g/mol. The highest BCUT2D eigenvalue weighted by Gasteiger charge is 2.59. The van der Waals surface area contributed by atoms with E-state index in [0.717, 1.165) is 11.3 Å². The van der Waals surface area contributed by atoms with Crippen LogP contribution in [-0.2, 0) is 18.9 Å². The number of hydrogen-bond donors (Lipinski definition) is 1. The Hall–Kier alpha value is -1.18. The van der Waals surface area contributed by atoms with Crippen LogP contribution in [0.1, 0.15) is 18.3 Å². The van der Waals surface area contributed by atoms with Gasteiger partial charge in [0.25, 0.3) is 0 Å². The van der Waals surface area contributed by atoms with Crippen molar-refractivity contribution in [3.63, 3.8) is 0 Å². The van der Waals surface area contributed by atoms with E-state index in [-0.39, 0.29) is 37.1 Å². The van der Waals surface area contributed by atoms with E-state index in [1.54, 1.807) is 7.11 Å². The molecule has 3 saturated heterocycles. The fourth-order valence-corrected chi connectivity index (χ4v) is 3.25. The van der Waals surface area contributed by atoms with E-state index < -0.39 is 6.29 Å². The van der Waals surface area contributed by atoms with Crippen LogP contribution in [0.3, 0.4) is 0 Å². The Balaban J connectivity index is 1.44. The number of aliphatic hydroxyl groups is 1. The van der Waals surface area contributed by atoms with Crippen molar-refractivity contribution in [2.24, 2.45) is 0 Å². The lowest BCUT2D eigenvalue weighted by Gasteiger charge is -2.40. The molecule has 6 nitrogen and oxygen atoms in total. The first-order valence-corrected chi connectivity index (χ1v) is 7.63. The summed E-state index contributed by atoms with van der Waals surface area (Å²) < 4.78 is 28.7. The van der Waals surface area contributed by atoms with Crippen molar-refractivity contribution in [3.8, 4) is 5.75 Å². The van der Waals surface area contributed by atoms with E-state index in [4.69, 9.17) is 28.8 Å². The lowest BCUT2D eigenvalue weighted by Crippen LogP contribution is -2.52. The quantitative estimate of drug-likeness (QED) is 0.838. The number of epoxide rings is 1. The van der Waals surface area contributed by atoms with Crippen molar-refractivity contribution in [2.75, 3.05) is 20.3 Å². The predicted molar refractivity (Wildman–Crippen MR) is 75.6 cm³/mol. The molecule has 0 spiro atoms. The van der Waals surface area contributed by atoms with Gasteiger partial charge < -0.3 is 28.8 Å². The Morgan fingerprint density at radius 1 is 1.09 bits per heavy atom. The number of rotatable bonds is 4. The van der Waals surface area contributed by atoms with Crippen LogP contribution in [0, 0.1) is 0 Å². The Morgan fingerprint density at radius 2 is 1.91 bits per heavy atom. The zero-order valence-electron chi connectivity index (χ0n) is 12.4. The highest BCUT2D eigenvalue weighted by atomic mass is 16.7. The second-order valence-corrected chi connectivity index (χ2v) is 5.83. The summed E-state index contributed by atoms with van der Waals surface area (Å²) in [5, 5.41) is 9.08. The van der Waals surface area contributed by atoms with Gasteiger partial charge in [-0.25, -0.2) is 0 Å². The van der Waals surface area contributed by atoms with Crippen LogP contribution in [0.4, 0.5) is 0 Å². The molecule has 3 aliphatic heterocycles. The Morgan fingerprint density at radius 3 is 2.64 bits per heavy atom. The SMILES string of the molecule is COc1ccc(C2OC[C@H]3O[C@H](CCO)[C@@H]4O[C@@H]4[C@@H]3O2)cc1. The number of aliphatic hydroxyl groups excluding tert-OH is 1. The van der Waals surface area contributed by atoms with Crippen molar-refractivity contribution in [3.05, 3.63) is 29.8 Å². The maximum Gasteiger partial charge on any atom is 0.184 e. The monoisotopic (exact) mass is 308 g/mol. The maximum absolute atomic E-state index is 9.08. The molecule has 6 heteroatoms. The van der Waals surface area contributed by atoms with Crippen LogP contribution in [-0.4, -0.2) is 55.9 Å². The summed E-state index contributed by atoms with van der Waals surface area (Å²) in [6, 6.07) is 7.65. The van der Waals surface area contributed by atoms with Crippen molar-refractivity contribution < 1.29 is 28.8 Å². The van der Waals surface area contributed by atoms with E-state index in [2.05, 4.69) is 0 Å². The summed E-state index contributed by atoms with van der Waals surface area (Å²) in [5.41, 5.74) is 0.953. The summed E-state index contributed by atoms with van der Waals surface area (Å²) in [7, 11) is 1.64. The van der Waals surface area contributed by atoms with Crippen LogP contribution >= 0.6 is 0 Å². The average Bonchev–Trinajstić information content (AvgIpc) is 3.36. The fraction of sp³-hybridized carbons (Fsp3) is 0.625. The second kappa shape index (κ2) is 5.79. The molecular formula is C16H20O6. The Kier molecular flexibility index (Phi) is 3.79. The van der Waals surface area contributed by atoms with Gasteiger partial charge in [-0.2, -0.15) is 0 Å². The molecule has 0 radical (unpaired) electrons. The van der Waals surface area contributed by atoms with E-state index >= 15 is 0 Å². The number of ether oxygens (including phenoxy) is 5. The Bertz CT molecular complexity index is 518. The molecule has 1 aromatic carbocycles. The lowest BCUT2D eigenvalue weighted by molar-refractivity contribution is -0.282. The van der Waals surface area contributed by atoms with Gasteiger partial charge in [-0.15, -0.1) is 0 Å². The summed E-state index contributed by atoms with van der Waals surface area (Å²) in [5.74, 6) is 0.802. The van der Waals surface area contributed by atoms with Crippen LogP contribution < -0.4 is 4.74 Å². The first-order valence-electron chi connectivity index (χ1n) is 7.63. The van der Waals surface area contributed by atoms with Crippen LogP contribution in [0.25, 0.3) is 0 Å². The highest BCUT2D eigenvalue weighted by molar-refractivity contribution is 5.28. The van der Waals surface area contributed by atoms with E-state index in [9.17, 15) is 0 Å². The van der Waals surface area contributed by atoms with Gasteiger partial charge in [-0.05, 0) is 18.6 Å². The minimum Gasteiger partial charge on any atom is -0.497 e. The summed E-state index contributed by atoms with van der Waals surface area (Å²) >= 11 is 0. The summed E-state index contributed by atoms with van der Waals surface area (Å²) in [6.45, 7) is 0.570. The highest BCUT2D eigenvalue weighted by Crippen LogP contribution is 2.44. The van der Waals surface area contributed by atoms with E-state index in [1.807, 2.05) is 24.3 Å². The van der Waals surface area contributed by atoms with E-state index in [0.29, 0.717) is 13.0 Å². The molecule has 22 heavy (non-hydrogen) atoms. The van der Waals surface area contributed by atoms with Crippen LogP contribution in [0.2, 0.25) is 0 Å². The first kappa shape index (κ1) is 14.4. The molecule has 120 valence electrons. The topological polar surface area (TPSA) is 69.7 Å². The molecule has 1 unspecified atom stereocenters. The molecular weight excluding hydrogens is 288 g/mol. The number of benzene rings is 1. The largest absolute Gasteiger partial charge is 0.497 e. The predicted octanol–water partition coefficient (Wildman–Crippen LogP) is 1.03. The van der Waals surface area contributed by atoms with Crippen molar-refractivity contribution in [2.45, 2.75) is 43.2 Å². The smallest absolute Gasteiger partial charge is 0.184 e. The summed E-state index contributed by atoms with van der Waals surface area (Å²) in [4.78, 5) is 0. The summed E-state index contributed by atoms with van der Waals surface area (Å²) in [6.07, 6.45) is -0.0127. The number of hydrogen-bond acceptors (Lipinski definition) is 6. The lowest BCUT2D eigenvalue weighted by atomic mass is 9.98. The molecule has 1 N–H and O–H groups in total. The normalized spacial score (nSPS) is 39.7. The maximum atomic E-state index is 9.08. The third-order valence-electron chi connectivity index (χ3n) is 4.46. The Labute approximate surface area is 128 Å². The molecule has 0 saturated carbocycles. The molecule has 1 aromatic rings. The molecule has 3 aliphatic rings. The molecule has 3 fully saturated rings. The van der Waals surface area contributed by atoms with Crippen molar-refractivity contribution >= 4 is 0 Å². The zero-order chi connectivity index (χ0) is 15.1. The molecule has 0 aliphatic carbocycles. The van der Waals surface area contributed by atoms with Crippen molar-refractivity contribution in [1.29, 1.82) is 0 Å². The van der Waals surface area contributed by atoms with Gasteiger partial charge in [0.15, 0.2) is 6.29 Å². The van der Waals surface area contributed by atoms with Gasteiger partial charge >= 0.3 is 0 Å². The third-order valence-corrected chi connectivity index (χ3v) is 4.46. The minimum atomic E-state index is -0.407. The molecule has 0 aromatic heterocycles. The van der Waals surface area contributed by atoms with E-state index in [1.165, 1.54) is 0 Å². The first-order chi connectivity index (χ1) is 10.8. The van der Waals surface area contributed by atoms with Crippen molar-refractivity contribution in [1.82, 2.24) is 0 Å². The van der Waals surface area contributed by atoms with Crippen LogP contribution in [0.15, 0.2) is 24.3 Å². The van der Waals surface area contributed by atoms with Gasteiger partial charge in [0.2, 0.25) is 0 Å². The second-order valence-electron chi connectivity index (χ2n) is 5.83. The molecule has 3 heterocycles. The third kappa shape index (κ3) is 2.51. The van der Waals surface area contributed by atoms with Gasteiger partial charge in [-0.3, -0.25) is 0 Å². The molecule has 4 rings (SSSR count). The molecule has 0 amide bonds. The van der Waals surface area contributed by atoms with Crippen LogP contribution in [0.5, 0.6) is 5.75 Å². The molecule has 0 bridgehead atoms. The fourth-order valence-electron chi connectivity index (χ4n) is 3.25. The number of methoxy groups -OCH3 is 1. The standard InChI is InChI=1S/C16H20O6/c1-18-10-4-2-9(3-5-10)16-19-8-12-14(22-16)15-13(21-15)11(20-12)6-7-17/h2-5,11-17H,6-8H2,1H3/t11-,12-,13+,14-,15+,16?/m1/s1. The molecule has 6 atom stereocenters.